The summed E-state index contributed by atoms with van der Waals surface area (Å²) in [4.78, 5) is 20.7. The van der Waals surface area contributed by atoms with Crippen molar-refractivity contribution in [3.8, 4) is 0 Å². The molecule has 0 saturated carbocycles. The lowest BCUT2D eigenvalue weighted by Gasteiger charge is -1.81. The maximum Gasteiger partial charge on any atom is 0.199 e. The summed E-state index contributed by atoms with van der Waals surface area (Å²) in [6.45, 7) is 6.43. The van der Waals surface area contributed by atoms with Gasteiger partial charge in [-0.15, -0.1) is 0 Å². The van der Waals surface area contributed by atoms with Crippen LogP contribution in [0.15, 0.2) is 9.59 Å². The van der Waals surface area contributed by atoms with Gasteiger partial charge in [-0.3, -0.25) is 9.59 Å². The Hall–Kier alpha value is -1.18. The zero-order valence-corrected chi connectivity index (χ0v) is 4.23. The van der Waals surface area contributed by atoms with Crippen LogP contribution >= 0.6 is 0 Å². The van der Waals surface area contributed by atoms with Crippen molar-refractivity contribution in [3.05, 3.63) is 30.9 Å². The first-order valence-corrected chi connectivity index (χ1v) is 2.12. The zero-order valence-electron chi connectivity index (χ0n) is 4.23. The van der Waals surface area contributed by atoms with Crippen molar-refractivity contribution in [2.24, 2.45) is 0 Å². The minimum Gasteiger partial charge on any atom is -0.288 e. The molecule has 0 heterocycles. The van der Waals surface area contributed by atoms with Crippen molar-refractivity contribution in [2.45, 2.75) is 0 Å². The minimum absolute atomic E-state index is 0.0648. The lowest BCUT2D eigenvalue weighted by atomic mass is 10.2. The fourth-order valence-corrected chi connectivity index (χ4v) is 0.508. The SMILES string of the molecule is C=c1c(=O)c(=C)c1=O. The maximum absolute atomic E-state index is 10.4. The highest BCUT2D eigenvalue weighted by Crippen LogP contribution is 1.29. The molecule has 1 aromatic rings. The van der Waals surface area contributed by atoms with Gasteiger partial charge in [-0.25, -0.2) is 0 Å². The van der Waals surface area contributed by atoms with E-state index in [0.29, 0.717) is 0 Å². The number of rotatable bonds is 0. The van der Waals surface area contributed by atoms with Crippen LogP contribution in [0.25, 0.3) is 13.2 Å². The van der Waals surface area contributed by atoms with Crippen LogP contribution in [0.4, 0.5) is 0 Å². The van der Waals surface area contributed by atoms with E-state index < -0.39 is 0 Å². The first-order valence-electron chi connectivity index (χ1n) is 2.12. The predicted octanol–water partition coefficient (Wildman–Crippen LogP) is -1.90. The molecule has 0 spiro atoms. The first-order chi connectivity index (χ1) is 3.64. The Morgan fingerprint density at radius 2 is 1.12 bits per heavy atom. The van der Waals surface area contributed by atoms with Gasteiger partial charge in [-0.1, -0.05) is 13.2 Å². The van der Waals surface area contributed by atoms with Crippen LogP contribution in [0.3, 0.4) is 0 Å². The summed E-state index contributed by atoms with van der Waals surface area (Å²) in [5.41, 5.74) is -0.593. The Balaban J connectivity index is 4.02. The molecule has 1 aromatic carbocycles. The van der Waals surface area contributed by atoms with E-state index in [9.17, 15) is 9.59 Å². The van der Waals surface area contributed by atoms with E-state index in [1.807, 2.05) is 0 Å². The third-order valence-corrected chi connectivity index (χ3v) is 1.10. The van der Waals surface area contributed by atoms with Gasteiger partial charge in [-0.2, -0.15) is 0 Å². The molecule has 0 N–H and O–H groups in total. The average Bonchev–Trinajstić information content (AvgIpc) is 1.83. The lowest BCUT2D eigenvalue weighted by molar-refractivity contribution is 1.28. The minimum atomic E-state index is -0.296. The van der Waals surface area contributed by atoms with Gasteiger partial charge in [0.2, 0.25) is 0 Å². The van der Waals surface area contributed by atoms with Crippen LogP contribution in [-0.2, 0) is 0 Å². The Morgan fingerprint density at radius 3 is 1.25 bits per heavy atom. The van der Waals surface area contributed by atoms with Gasteiger partial charge >= 0.3 is 0 Å². The van der Waals surface area contributed by atoms with Crippen LogP contribution in [0, 0.1) is 0 Å². The lowest BCUT2D eigenvalue weighted by Crippen LogP contribution is -2.63. The van der Waals surface area contributed by atoms with Crippen molar-refractivity contribution >= 4 is 13.2 Å². The summed E-state index contributed by atoms with van der Waals surface area (Å²) in [5.74, 6) is 0. The average molecular weight is 108 g/mol. The number of hydrogen-bond donors (Lipinski definition) is 0. The van der Waals surface area contributed by atoms with Crippen LogP contribution in [0.2, 0.25) is 0 Å². The molecule has 1 rings (SSSR count). The van der Waals surface area contributed by atoms with Gasteiger partial charge in [0.05, 0.1) is 10.4 Å². The van der Waals surface area contributed by atoms with E-state index in [0.717, 1.165) is 0 Å². The standard InChI is InChI=1S/C6H4O2/c1-3-5(7)4(2)6(3)8/h1-2H2. The van der Waals surface area contributed by atoms with E-state index in [-0.39, 0.29) is 21.3 Å². The second kappa shape index (κ2) is 1.15. The highest BCUT2D eigenvalue weighted by Gasteiger charge is 2.00. The Kier molecular flexibility index (Phi) is 0.717. The van der Waals surface area contributed by atoms with Crippen LogP contribution < -0.4 is 21.3 Å². The highest BCUT2D eigenvalue weighted by atomic mass is 16.1. The molecule has 0 aromatic heterocycles. The molecule has 0 atom stereocenters. The first kappa shape index (κ1) is 4.97. The number of hydrogen-bond acceptors (Lipinski definition) is 2. The molecule has 0 aliphatic heterocycles. The zero-order chi connectivity index (χ0) is 6.31. The third-order valence-electron chi connectivity index (χ3n) is 1.10. The normalized spacial score (nSPS) is 10.0. The smallest absolute Gasteiger partial charge is 0.199 e. The Labute approximate surface area is 45.1 Å². The molecule has 2 nitrogen and oxygen atoms in total. The molecule has 0 amide bonds. The van der Waals surface area contributed by atoms with Crippen molar-refractivity contribution in [2.75, 3.05) is 0 Å². The summed E-state index contributed by atoms with van der Waals surface area (Å²) in [6.07, 6.45) is 0. The summed E-state index contributed by atoms with van der Waals surface area (Å²) in [7, 11) is 0. The summed E-state index contributed by atoms with van der Waals surface area (Å²) < 4.78 is 0. The molecular weight excluding hydrogens is 104 g/mol. The van der Waals surface area contributed by atoms with Crippen LogP contribution in [-0.4, -0.2) is 0 Å². The van der Waals surface area contributed by atoms with Crippen LogP contribution in [0.5, 0.6) is 0 Å². The van der Waals surface area contributed by atoms with Gasteiger partial charge in [0.1, 0.15) is 0 Å². The molecule has 0 saturated heterocycles. The van der Waals surface area contributed by atoms with Crippen molar-refractivity contribution < 1.29 is 0 Å². The van der Waals surface area contributed by atoms with Gasteiger partial charge in [-0.05, 0) is 0 Å². The summed E-state index contributed by atoms with van der Waals surface area (Å²) in [6, 6.07) is 0. The van der Waals surface area contributed by atoms with Gasteiger partial charge in [0.15, 0.2) is 10.9 Å². The topological polar surface area (TPSA) is 34.1 Å². The summed E-state index contributed by atoms with van der Waals surface area (Å²) >= 11 is 0. The Morgan fingerprint density at radius 1 is 0.875 bits per heavy atom. The second-order valence-electron chi connectivity index (χ2n) is 1.62. The van der Waals surface area contributed by atoms with E-state index in [4.69, 9.17) is 0 Å². The fourth-order valence-electron chi connectivity index (χ4n) is 0.508. The predicted molar refractivity (Wildman–Crippen MR) is 31.6 cm³/mol. The quantitative estimate of drug-likeness (QED) is 0.389. The highest BCUT2D eigenvalue weighted by molar-refractivity contribution is 5.19. The van der Waals surface area contributed by atoms with E-state index >= 15 is 0 Å². The molecule has 0 fully saturated rings. The van der Waals surface area contributed by atoms with Crippen molar-refractivity contribution in [1.82, 2.24) is 0 Å². The van der Waals surface area contributed by atoms with Gasteiger partial charge in [0.25, 0.3) is 0 Å². The monoisotopic (exact) mass is 108 g/mol. The largest absolute Gasteiger partial charge is 0.288 e. The molecule has 0 bridgehead atoms. The fraction of sp³-hybridized carbons (Fsp3) is 0. The molecule has 0 unspecified atom stereocenters. The van der Waals surface area contributed by atoms with E-state index in [1.165, 1.54) is 0 Å². The van der Waals surface area contributed by atoms with E-state index in [2.05, 4.69) is 13.2 Å². The molecule has 0 aliphatic carbocycles. The van der Waals surface area contributed by atoms with Gasteiger partial charge < -0.3 is 0 Å². The Bertz CT molecular complexity index is 265. The molecule has 40 valence electrons. The second-order valence-corrected chi connectivity index (χ2v) is 1.62. The third kappa shape index (κ3) is 0.320. The van der Waals surface area contributed by atoms with E-state index in [1.54, 1.807) is 0 Å². The molecular formula is C6H4O2. The molecule has 8 heavy (non-hydrogen) atoms. The molecule has 0 aliphatic rings. The van der Waals surface area contributed by atoms with Gasteiger partial charge in [0, 0.05) is 0 Å². The van der Waals surface area contributed by atoms with Crippen LogP contribution in [0.1, 0.15) is 0 Å². The molecule has 0 radical (unpaired) electrons. The maximum atomic E-state index is 10.4. The molecule has 2 heteroatoms. The van der Waals surface area contributed by atoms with Crippen molar-refractivity contribution in [3.63, 3.8) is 0 Å². The van der Waals surface area contributed by atoms with Crippen molar-refractivity contribution in [1.29, 1.82) is 0 Å². The summed E-state index contributed by atoms with van der Waals surface area (Å²) in [5, 5.41) is 0.130.